The van der Waals surface area contributed by atoms with Crippen molar-refractivity contribution < 1.29 is 4.79 Å². The molecular weight excluding hydrogens is 306 g/mol. The molecule has 0 fully saturated rings. The van der Waals surface area contributed by atoms with E-state index in [1.54, 1.807) is 10.9 Å². The number of hydrogen-bond donors (Lipinski definition) is 1. The van der Waals surface area contributed by atoms with E-state index in [2.05, 4.69) is 26.3 Å². The van der Waals surface area contributed by atoms with Gasteiger partial charge in [-0.3, -0.25) is 9.48 Å². The number of benzene rings is 1. The van der Waals surface area contributed by atoms with Gasteiger partial charge in [0.15, 0.2) is 0 Å². The van der Waals surface area contributed by atoms with Gasteiger partial charge in [-0.25, -0.2) is 0 Å². The largest absolute Gasteiger partial charge is 0.309 e. The van der Waals surface area contributed by atoms with Gasteiger partial charge in [0.2, 0.25) is 5.78 Å². The average molecular weight is 320 g/mol. The summed E-state index contributed by atoms with van der Waals surface area (Å²) in [7, 11) is 0. The number of carbonyl (C=O) groups excluding carboxylic acids is 1. The molecule has 0 aliphatic carbocycles. The molecule has 0 radical (unpaired) electrons. The molecule has 0 spiro atoms. The van der Waals surface area contributed by atoms with Crippen molar-refractivity contribution in [3.8, 4) is 0 Å². The molecule has 98 valence electrons. The Balaban J connectivity index is 2.02. The zero-order valence-electron chi connectivity index (χ0n) is 10.6. The van der Waals surface area contributed by atoms with Crippen LogP contribution in [-0.2, 0) is 19.6 Å². The predicted octanol–water partition coefficient (Wildman–Crippen LogP) is 2.50. The number of aromatic nitrogens is 2. The van der Waals surface area contributed by atoms with Crippen molar-refractivity contribution in [1.82, 2.24) is 15.1 Å². The maximum atomic E-state index is 12.6. The lowest BCUT2D eigenvalue weighted by atomic mass is 10.0. The molecule has 2 aromatic rings. The highest BCUT2D eigenvalue weighted by atomic mass is 79.9. The Bertz CT molecular complexity index is 648. The van der Waals surface area contributed by atoms with Gasteiger partial charge in [-0.15, -0.1) is 0 Å². The molecule has 1 aromatic heterocycles. The summed E-state index contributed by atoms with van der Waals surface area (Å²) in [4.78, 5) is 12.6. The predicted molar refractivity (Wildman–Crippen MR) is 76.0 cm³/mol. The molecular formula is C14H14BrN3O. The van der Waals surface area contributed by atoms with Crippen LogP contribution in [0.5, 0.6) is 0 Å². The highest BCUT2D eigenvalue weighted by Crippen LogP contribution is 2.23. The SMILES string of the molecule is CCn1ncc(Br)c1C(=O)c1ccc2c(c1)CNC2. The summed E-state index contributed by atoms with van der Waals surface area (Å²) >= 11 is 3.40. The number of fused-ring (bicyclic) bond motifs is 1. The van der Waals surface area contributed by atoms with E-state index in [0.29, 0.717) is 12.2 Å². The third-order valence-electron chi connectivity index (χ3n) is 3.41. The minimum Gasteiger partial charge on any atom is -0.309 e. The van der Waals surface area contributed by atoms with Gasteiger partial charge in [0.25, 0.3) is 0 Å². The Hall–Kier alpha value is -1.46. The van der Waals surface area contributed by atoms with Crippen LogP contribution in [0.15, 0.2) is 28.9 Å². The van der Waals surface area contributed by atoms with Crippen LogP contribution in [0.2, 0.25) is 0 Å². The van der Waals surface area contributed by atoms with Gasteiger partial charge >= 0.3 is 0 Å². The van der Waals surface area contributed by atoms with E-state index in [-0.39, 0.29) is 5.78 Å². The van der Waals surface area contributed by atoms with Crippen LogP contribution in [0.25, 0.3) is 0 Å². The first-order valence-corrected chi connectivity index (χ1v) is 7.08. The molecule has 0 amide bonds. The fourth-order valence-electron chi connectivity index (χ4n) is 2.40. The van der Waals surface area contributed by atoms with Gasteiger partial charge in [0.05, 0.1) is 10.7 Å². The first-order chi connectivity index (χ1) is 9.20. The summed E-state index contributed by atoms with van der Waals surface area (Å²) in [5.74, 6) is 0.0147. The minimum atomic E-state index is 0.0147. The number of nitrogens with zero attached hydrogens (tertiary/aromatic N) is 2. The standard InChI is InChI=1S/C14H14BrN3O/c1-2-18-13(12(15)8-17-18)14(19)9-3-4-10-6-16-7-11(10)5-9/h3-5,8,16H,2,6-7H2,1H3. The lowest BCUT2D eigenvalue weighted by molar-refractivity contribution is 0.102. The summed E-state index contributed by atoms with van der Waals surface area (Å²) in [6.45, 7) is 4.38. The maximum Gasteiger partial charge on any atom is 0.212 e. The molecule has 2 heterocycles. The van der Waals surface area contributed by atoms with Crippen LogP contribution >= 0.6 is 15.9 Å². The summed E-state index contributed by atoms with van der Waals surface area (Å²) in [6.07, 6.45) is 1.67. The molecule has 0 atom stereocenters. The van der Waals surface area contributed by atoms with Gasteiger partial charge < -0.3 is 5.32 Å². The number of ketones is 1. The van der Waals surface area contributed by atoms with Crippen molar-refractivity contribution >= 4 is 21.7 Å². The van der Waals surface area contributed by atoms with Gasteiger partial charge in [-0.05, 0) is 40.0 Å². The second kappa shape index (κ2) is 4.90. The van der Waals surface area contributed by atoms with E-state index in [4.69, 9.17) is 0 Å². The molecule has 3 rings (SSSR count). The highest BCUT2D eigenvalue weighted by Gasteiger charge is 2.20. The van der Waals surface area contributed by atoms with E-state index in [0.717, 1.165) is 23.1 Å². The van der Waals surface area contributed by atoms with Gasteiger partial charge in [-0.1, -0.05) is 12.1 Å². The topological polar surface area (TPSA) is 46.9 Å². The van der Waals surface area contributed by atoms with Crippen molar-refractivity contribution in [2.75, 3.05) is 0 Å². The Kier molecular flexibility index (Phi) is 3.24. The van der Waals surface area contributed by atoms with E-state index < -0.39 is 0 Å². The molecule has 0 saturated heterocycles. The first kappa shape index (κ1) is 12.6. The smallest absolute Gasteiger partial charge is 0.212 e. The Labute approximate surface area is 119 Å². The Morgan fingerprint density at radius 1 is 1.42 bits per heavy atom. The molecule has 0 bridgehead atoms. The number of nitrogens with one attached hydrogen (secondary N) is 1. The second-order valence-electron chi connectivity index (χ2n) is 4.57. The third-order valence-corrected chi connectivity index (χ3v) is 3.99. The molecule has 0 saturated carbocycles. The molecule has 0 unspecified atom stereocenters. The second-order valence-corrected chi connectivity index (χ2v) is 5.43. The normalized spacial score (nSPS) is 13.6. The first-order valence-electron chi connectivity index (χ1n) is 6.29. The van der Waals surface area contributed by atoms with Crippen molar-refractivity contribution in [3.63, 3.8) is 0 Å². The van der Waals surface area contributed by atoms with E-state index >= 15 is 0 Å². The highest BCUT2D eigenvalue weighted by molar-refractivity contribution is 9.10. The maximum absolute atomic E-state index is 12.6. The zero-order chi connectivity index (χ0) is 13.4. The van der Waals surface area contributed by atoms with Crippen LogP contribution in [0, 0.1) is 0 Å². The zero-order valence-corrected chi connectivity index (χ0v) is 12.2. The van der Waals surface area contributed by atoms with Gasteiger partial charge in [-0.2, -0.15) is 5.10 Å². The van der Waals surface area contributed by atoms with Crippen LogP contribution in [0.4, 0.5) is 0 Å². The molecule has 1 aliphatic heterocycles. The summed E-state index contributed by atoms with van der Waals surface area (Å²) < 4.78 is 2.47. The van der Waals surface area contributed by atoms with E-state index in [1.165, 1.54) is 11.1 Å². The number of carbonyl (C=O) groups is 1. The summed E-state index contributed by atoms with van der Waals surface area (Å²) in [6, 6.07) is 5.91. The van der Waals surface area contributed by atoms with Crippen LogP contribution in [-0.4, -0.2) is 15.6 Å². The monoisotopic (exact) mass is 319 g/mol. The number of aryl methyl sites for hydroxylation is 1. The van der Waals surface area contributed by atoms with Crippen LogP contribution < -0.4 is 5.32 Å². The van der Waals surface area contributed by atoms with Gasteiger partial charge in [0.1, 0.15) is 5.69 Å². The lowest BCUT2D eigenvalue weighted by Gasteiger charge is -2.06. The molecule has 1 aromatic carbocycles. The van der Waals surface area contributed by atoms with Gasteiger partial charge in [0, 0.05) is 25.2 Å². The quantitative estimate of drug-likeness (QED) is 0.884. The number of hydrogen-bond acceptors (Lipinski definition) is 3. The molecule has 5 heteroatoms. The van der Waals surface area contributed by atoms with Crippen LogP contribution in [0.3, 0.4) is 0 Å². The van der Waals surface area contributed by atoms with Crippen molar-refractivity contribution in [2.24, 2.45) is 0 Å². The Morgan fingerprint density at radius 2 is 2.21 bits per heavy atom. The molecule has 4 nitrogen and oxygen atoms in total. The van der Waals surface area contributed by atoms with E-state index in [9.17, 15) is 4.79 Å². The lowest BCUT2D eigenvalue weighted by Crippen LogP contribution is -2.11. The average Bonchev–Trinajstić information content (AvgIpc) is 3.02. The van der Waals surface area contributed by atoms with Crippen molar-refractivity contribution in [2.45, 2.75) is 26.6 Å². The summed E-state index contributed by atoms with van der Waals surface area (Å²) in [5.41, 5.74) is 3.83. The van der Waals surface area contributed by atoms with E-state index in [1.807, 2.05) is 25.1 Å². The van der Waals surface area contributed by atoms with Crippen molar-refractivity contribution in [1.29, 1.82) is 0 Å². The fraction of sp³-hybridized carbons (Fsp3) is 0.286. The molecule has 19 heavy (non-hydrogen) atoms. The van der Waals surface area contributed by atoms with Crippen molar-refractivity contribution in [3.05, 3.63) is 51.3 Å². The number of halogens is 1. The van der Waals surface area contributed by atoms with Crippen LogP contribution in [0.1, 0.15) is 34.1 Å². The minimum absolute atomic E-state index is 0.0147. The molecule has 1 N–H and O–H groups in total. The summed E-state index contributed by atoms with van der Waals surface area (Å²) in [5, 5.41) is 7.47. The fourth-order valence-corrected chi connectivity index (χ4v) is 2.88. The molecule has 1 aliphatic rings. The third kappa shape index (κ3) is 2.13. The Morgan fingerprint density at radius 3 is 3.00 bits per heavy atom. The number of rotatable bonds is 3.